The highest BCUT2D eigenvalue weighted by molar-refractivity contribution is 9.10. The fourth-order valence-corrected chi connectivity index (χ4v) is 3.24. The van der Waals surface area contributed by atoms with Crippen LogP contribution in [0.15, 0.2) is 53.0 Å². The van der Waals surface area contributed by atoms with Crippen molar-refractivity contribution in [3.8, 4) is 0 Å². The third kappa shape index (κ3) is 4.71. The molecule has 0 radical (unpaired) electrons. The summed E-state index contributed by atoms with van der Waals surface area (Å²) >= 11 is 3.46. The number of hydrogen-bond donors (Lipinski definition) is 1. The van der Waals surface area contributed by atoms with Gasteiger partial charge in [0.2, 0.25) is 5.91 Å². The summed E-state index contributed by atoms with van der Waals surface area (Å²) in [5.41, 5.74) is 2.12. The molecule has 1 heterocycles. The summed E-state index contributed by atoms with van der Waals surface area (Å²) in [6.07, 6.45) is 2.84. The number of halogens is 2. The van der Waals surface area contributed by atoms with Crippen molar-refractivity contribution in [2.75, 3.05) is 43.4 Å². The number of piperazine rings is 1. The summed E-state index contributed by atoms with van der Waals surface area (Å²) in [4.78, 5) is 16.9. The molecule has 3 rings (SSSR count). The van der Waals surface area contributed by atoms with Crippen LogP contribution in [-0.2, 0) is 4.79 Å². The molecular formula is C20H21BrFN3O. The van der Waals surface area contributed by atoms with Crippen molar-refractivity contribution in [2.45, 2.75) is 0 Å². The van der Waals surface area contributed by atoms with Crippen LogP contribution >= 0.6 is 15.9 Å². The lowest BCUT2D eigenvalue weighted by Gasteiger charge is -2.35. The van der Waals surface area contributed by atoms with Gasteiger partial charge in [-0.05, 0) is 37.4 Å². The monoisotopic (exact) mass is 417 g/mol. The summed E-state index contributed by atoms with van der Waals surface area (Å²) in [7, 11) is 2.11. The molecule has 6 heteroatoms. The van der Waals surface area contributed by atoms with Gasteiger partial charge in [0.25, 0.3) is 0 Å². The van der Waals surface area contributed by atoms with Crippen molar-refractivity contribution in [2.24, 2.45) is 0 Å². The maximum Gasteiger partial charge on any atom is 0.248 e. The standard InChI is InChI=1S/C20H21BrFN3O/c1-24-10-12-25(13-11-24)19-8-7-16(21)14-18(19)23-20(26)9-6-15-4-2-3-5-17(15)22/h2-9,14H,10-13H2,1H3,(H,23,26). The van der Waals surface area contributed by atoms with E-state index in [9.17, 15) is 9.18 Å². The number of carbonyl (C=O) groups is 1. The van der Waals surface area contributed by atoms with E-state index >= 15 is 0 Å². The number of amides is 1. The lowest BCUT2D eigenvalue weighted by atomic mass is 10.2. The normalized spacial score (nSPS) is 15.4. The average Bonchev–Trinajstić information content (AvgIpc) is 2.62. The molecule has 1 fully saturated rings. The van der Waals surface area contributed by atoms with Crippen molar-refractivity contribution < 1.29 is 9.18 Å². The largest absolute Gasteiger partial charge is 0.367 e. The van der Waals surface area contributed by atoms with Crippen LogP contribution < -0.4 is 10.2 Å². The zero-order valence-corrected chi connectivity index (χ0v) is 16.2. The second-order valence-corrected chi connectivity index (χ2v) is 7.21. The van der Waals surface area contributed by atoms with E-state index in [4.69, 9.17) is 0 Å². The van der Waals surface area contributed by atoms with Crippen LogP contribution in [-0.4, -0.2) is 44.0 Å². The Kier molecular flexibility index (Phi) is 6.06. The van der Waals surface area contributed by atoms with Crippen molar-refractivity contribution in [3.05, 3.63) is 64.4 Å². The summed E-state index contributed by atoms with van der Waals surface area (Å²) < 4.78 is 14.6. The van der Waals surface area contributed by atoms with Crippen molar-refractivity contribution in [1.29, 1.82) is 0 Å². The molecule has 0 saturated carbocycles. The van der Waals surface area contributed by atoms with Gasteiger partial charge in [0.05, 0.1) is 11.4 Å². The van der Waals surface area contributed by atoms with Crippen LogP contribution in [0.3, 0.4) is 0 Å². The molecule has 0 unspecified atom stereocenters. The van der Waals surface area contributed by atoms with Gasteiger partial charge in [-0.2, -0.15) is 0 Å². The molecule has 136 valence electrons. The van der Waals surface area contributed by atoms with Crippen LogP contribution in [0.25, 0.3) is 6.08 Å². The number of nitrogens with one attached hydrogen (secondary N) is 1. The molecule has 26 heavy (non-hydrogen) atoms. The number of hydrogen-bond acceptors (Lipinski definition) is 3. The summed E-state index contributed by atoms with van der Waals surface area (Å²) in [5, 5.41) is 2.92. The SMILES string of the molecule is CN1CCN(c2ccc(Br)cc2NC(=O)C=Cc2ccccc2F)CC1. The first kappa shape index (κ1) is 18.6. The van der Waals surface area contributed by atoms with Gasteiger partial charge in [0, 0.05) is 42.3 Å². The molecule has 2 aromatic carbocycles. The highest BCUT2D eigenvalue weighted by Gasteiger charge is 2.18. The Labute approximate surface area is 161 Å². The molecule has 1 saturated heterocycles. The van der Waals surface area contributed by atoms with E-state index in [0.717, 1.165) is 42.0 Å². The number of nitrogens with zero attached hydrogens (tertiary/aromatic N) is 2. The van der Waals surface area contributed by atoms with Gasteiger partial charge >= 0.3 is 0 Å². The summed E-state index contributed by atoms with van der Waals surface area (Å²) in [6, 6.07) is 12.2. The van der Waals surface area contributed by atoms with Gasteiger partial charge in [0.1, 0.15) is 5.82 Å². The van der Waals surface area contributed by atoms with Gasteiger partial charge in [-0.25, -0.2) is 4.39 Å². The van der Waals surface area contributed by atoms with E-state index in [1.165, 1.54) is 18.2 Å². The zero-order valence-electron chi connectivity index (χ0n) is 14.6. The molecule has 0 atom stereocenters. The van der Waals surface area contributed by atoms with E-state index in [1.807, 2.05) is 18.2 Å². The van der Waals surface area contributed by atoms with Crippen LogP contribution in [0.4, 0.5) is 15.8 Å². The number of anilines is 2. The maximum atomic E-state index is 13.7. The van der Waals surface area contributed by atoms with Crippen LogP contribution in [0.2, 0.25) is 0 Å². The summed E-state index contributed by atoms with van der Waals surface area (Å²) in [6.45, 7) is 3.78. The molecule has 4 nitrogen and oxygen atoms in total. The van der Waals surface area contributed by atoms with Crippen LogP contribution in [0.5, 0.6) is 0 Å². The van der Waals surface area contributed by atoms with E-state index in [0.29, 0.717) is 5.56 Å². The molecule has 1 aliphatic rings. The molecule has 0 bridgehead atoms. The highest BCUT2D eigenvalue weighted by atomic mass is 79.9. The van der Waals surface area contributed by atoms with E-state index in [1.54, 1.807) is 18.2 Å². The molecule has 1 amide bonds. The Balaban J connectivity index is 1.75. The first-order valence-electron chi connectivity index (χ1n) is 8.49. The third-order valence-corrected chi connectivity index (χ3v) is 4.87. The van der Waals surface area contributed by atoms with Crippen molar-refractivity contribution in [3.63, 3.8) is 0 Å². The lowest BCUT2D eigenvalue weighted by molar-refractivity contribution is -0.111. The molecule has 2 aromatic rings. The van der Waals surface area contributed by atoms with Gasteiger partial charge in [0.15, 0.2) is 0 Å². The second-order valence-electron chi connectivity index (χ2n) is 6.30. The fourth-order valence-electron chi connectivity index (χ4n) is 2.88. The zero-order chi connectivity index (χ0) is 18.5. The molecule has 1 aliphatic heterocycles. The minimum Gasteiger partial charge on any atom is -0.367 e. The van der Waals surface area contributed by atoms with Crippen LogP contribution in [0.1, 0.15) is 5.56 Å². The molecule has 0 aromatic heterocycles. The highest BCUT2D eigenvalue weighted by Crippen LogP contribution is 2.30. The molecule has 1 N–H and O–H groups in total. The van der Waals surface area contributed by atoms with Crippen LogP contribution in [0, 0.1) is 5.82 Å². The number of likely N-dealkylation sites (N-methyl/N-ethyl adjacent to an activating group) is 1. The fraction of sp³-hybridized carbons (Fsp3) is 0.250. The summed E-state index contributed by atoms with van der Waals surface area (Å²) in [5.74, 6) is -0.640. The Hall–Kier alpha value is -2.18. The Morgan fingerprint density at radius 3 is 2.62 bits per heavy atom. The Bertz CT molecular complexity index is 816. The minimum absolute atomic E-state index is 0.290. The first-order valence-corrected chi connectivity index (χ1v) is 9.29. The smallest absolute Gasteiger partial charge is 0.248 e. The minimum atomic E-state index is -0.350. The average molecular weight is 418 g/mol. The lowest BCUT2D eigenvalue weighted by Crippen LogP contribution is -2.44. The Morgan fingerprint density at radius 1 is 1.15 bits per heavy atom. The quantitative estimate of drug-likeness (QED) is 0.763. The topological polar surface area (TPSA) is 35.6 Å². The predicted molar refractivity (Wildman–Crippen MR) is 108 cm³/mol. The van der Waals surface area contributed by atoms with E-state index < -0.39 is 0 Å². The maximum absolute atomic E-state index is 13.7. The molecular weight excluding hydrogens is 397 g/mol. The van der Waals surface area contributed by atoms with Gasteiger partial charge in [-0.3, -0.25) is 4.79 Å². The molecule has 0 aliphatic carbocycles. The number of carbonyl (C=O) groups excluding carboxylic acids is 1. The van der Waals surface area contributed by atoms with E-state index in [-0.39, 0.29) is 11.7 Å². The van der Waals surface area contributed by atoms with E-state index in [2.05, 4.69) is 38.1 Å². The first-order chi connectivity index (χ1) is 12.5. The van der Waals surface area contributed by atoms with Gasteiger partial charge in [-0.1, -0.05) is 34.1 Å². The van der Waals surface area contributed by atoms with Gasteiger partial charge in [-0.15, -0.1) is 0 Å². The number of rotatable bonds is 4. The second kappa shape index (κ2) is 8.47. The Morgan fingerprint density at radius 2 is 1.88 bits per heavy atom. The predicted octanol–water partition coefficient (Wildman–Crippen LogP) is 3.99. The van der Waals surface area contributed by atoms with Crippen molar-refractivity contribution in [1.82, 2.24) is 4.90 Å². The third-order valence-electron chi connectivity index (χ3n) is 4.38. The number of benzene rings is 2. The molecule has 0 spiro atoms. The van der Waals surface area contributed by atoms with Crippen molar-refractivity contribution >= 4 is 39.3 Å². The van der Waals surface area contributed by atoms with Gasteiger partial charge < -0.3 is 15.1 Å².